The molecule has 1 rings (SSSR count). The number of aliphatic hydroxyl groups excluding tert-OH is 1. The topological polar surface area (TPSA) is 49.5 Å². The zero-order valence-electron chi connectivity index (χ0n) is 7.87. The van der Waals surface area contributed by atoms with Gasteiger partial charge in [-0.05, 0) is 51.9 Å². The molecule has 1 fully saturated rings. The molecular weight excluding hydrogens is 152 g/mol. The minimum atomic E-state index is -0.163. The Balaban J connectivity index is 2.24. The van der Waals surface area contributed by atoms with Crippen molar-refractivity contribution in [1.82, 2.24) is 4.90 Å². The molecule has 12 heavy (non-hydrogen) atoms. The van der Waals surface area contributed by atoms with Crippen molar-refractivity contribution in [3.63, 3.8) is 0 Å². The van der Waals surface area contributed by atoms with Gasteiger partial charge in [-0.15, -0.1) is 0 Å². The van der Waals surface area contributed by atoms with E-state index in [-0.39, 0.29) is 6.10 Å². The second-order valence-corrected chi connectivity index (χ2v) is 3.79. The van der Waals surface area contributed by atoms with E-state index in [0.29, 0.717) is 12.5 Å². The summed E-state index contributed by atoms with van der Waals surface area (Å²) in [6, 6.07) is 0. The van der Waals surface area contributed by atoms with Crippen LogP contribution < -0.4 is 5.73 Å². The number of likely N-dealkylation sites (tertiary alicyclic amines) is 1. The van der Waals surface area contributed by atoms with Gasteiger partial charge in [-0.3, -0.25) is 0 Å². The molecule has 1 heterocycles. The van der Waals surface area contributed by atoms with Crippen molar-refractivity contribution in [1.29, 1.82) is 0 Å². The minimum absolute atomic E-state index is 0.163. The van der Waals surface area contributed by atoms with Crippen LogP contribution in [0.5, 0.6) is 0 Å². The standard InChI is InChI=1S/C9H20N2O/c1-11-6-3-8(4-7-11)9(12)2-5-10/h8-9,12H,2-7,10H2,1H3/t9-/m1/s1. The molecule has 0 aromatic rings. The van der Waals surface area contributed by atoms with E-state index in [1.807, 2.05) is 0 Å². The highest BCUT2D eigenvalue weighted by atomic mass is 16.3. The van der Waals surface area contributed by atoms with Gasteiger partial charge < -0.3 is 15.7 Å². The van der Waals surface area contributed by atoms with Gasteiger partial charge in [0, 0.05) is 0 Å². The Bertz CT molecular complexity index is 122. The van der Waals surface area contributed by atoms with Crippen LogP contribution >= 0.6 is 0 Å². The first-order valence-electron chi connectivity index (χ1n) is 4.80. The van der Waals surface area contributed by atoms with Gasteiger partial charge in [-0.1, -0.05) is 0 Å². The maximum atomic E-state index is 9.66. The summed E-state index contributed by atoms with van der Waals surface area (Å²) in [6.07, 6.45) is 2.84. The van der Waals surface area contributed by atoms with E-state index in [2.05, 4.69) is 11.9 Å². The van der Waals surface area contributed by atoms with Gasteiger partial charge in [0.1, 0.15) is 0 Å². The predicted molar refractivity (Wildman–Crippen MR) is 49.9 cm³/mol. The van der Waals surface area contributed by atoms with E-state index in [1.165, 1.54) is 0 Å². The number of nitrogens with two attached hydrogens (primary N) is 1. The molecule has 3 nitrogen and oxygen atoms in total. The molecule has 72 valence electrons. The maximum absolute atomic E-state index is 9.66. The summed E-state index contributed by atoms with van der Waals surface area (Å²) in [5.74, 6) is 0.491. The third-order valence-corrected chi connectivity index (χ3v) is 2.77. The SMILES string of the molecule is CN1CCC([C@H](O)CCN)CC1. The molecule has 1 aliphatic heterocycles. The first-order chi connectivity index (χ1) is 5.74. The van der Waals surface area contributed by atoms with Gasteiger partial charge in [-0.2, -0.15) is 0 Å². The molecule has 0 radical (unpaired) electrons. The Morgan fingerprint density at radius 2 is 2.08 bits per heavy atom. The fraction of sp³-hybridized carbons (Fsp3) is 1.00. The van der Waals surface area contributed by atoms with Crippen LogP contribution in [0.3, 0.4) is 0 Å². The number of piperidine rings is 1. The van der Waals surface area contributed by atoms with Gasteiger partial charge in [0.05, 0.1) is 6.10 Å². The zero-order valence-corrected chi connectivity index (χ0v) is 7.87. The Kier molecular flexibility index (Phi) is 3.98. The molecule has 0 spiro atoms. The lowest BCUT2D eigenvalue weighted by molar-refractivity contribution is 0.0617. The highest BCUT2D eigenvalue weighted by Gasteiger charge is 2.22. The zero-order chi connectivity index (χ0) is 8.97. The van der Waals surface area contributed by atoms with Crippen molar-refractivity contribution in [2.45, 2.75) is 25.4 Å². The fourth-order valence-corrected chi connectivity index (χ4v) is 1.82. The lowest BCUT2D eigenvalue weighted by Crippen LogP contribution is -2.36. The van der Waals surface area contributed by atoms with Crippen LogP contribution in [-0.4, -0.2) is 42.8 Å². The lowest BCUT2D eigenvalue weighted by atomic mass is 9.90. The van der Waals surface area contributed by atoms with Crippen LogP contribution in [0.25, 0.3) is 0 Å². The smallest absolute Gasteiger partial charge is 0.0581 e. The van der Waals surface area contributed by atoms with Crippen LogP contribution in [0.2, 0.25) is 0 Å². The minimum Gasteiger partial charge on any atom is -0.393 e. The van der Waals surface area contributed by atoms with Crippen LogP contribution in [0.4, 0.5) is 0 Å². The summed E-state index contributed by atoms with van der Waals surface area (Å²) in [5, 5.41) is 9.66. The van der Waals surface area contributed by atoms with Crippen molar-refractivity contribution >= 4 is 0 Å². The van der Waals surface area contributed by atoms with Gasteiger partial charge in [0.15, 0.2) is 0 Å². The predicted octanol–water partition coefficient (Wildman–Crippen LogP) is 0.0379. The second-order valence-electron chi connectivity index (χ2n) is 3.79. The van der Waals surface area contributed by atoms with Crippen molar-refractivity contribution in [3.8, 4) is 0 Å². The molecule has 0 aromatic carbocycles. The molecule has 1 saturated heterocycles. The first-order valence-corrected chi connectivity index (χ1v) is 4.80. The van der Waals surface area contributed by atoms with Crippen LogP contribution in [-0.2, 0) is 0 Å². The van der Waals surface area contributed by atoms with Crippen molar-refractivity contribution in [2.75, 3.05) is 26.7 Å². The quantitative estimate of drug-likeness (QED) is 0.632. The van der Waals surface area contributed by atoms with E-state index in [4.69, 9.17) is 5.73 Å². The van der Waals surface area contributed by atoms with Crippen LogP contribution in [0, 0.1) is 5.92 Å². The molecule has 0 bridgehead atoms. The largest absolute Gasteiger partial charge is 0.393 e. The van der Waals surface area contributed by atoms with E-state index in [1.54, 1.807) is 0 Å². The van der Waals surface area contributed by atoms with E-state index < -0.39 is 0 Å². The average molecular weight is 172 g/mol. The third-order valence-electron chi connectivity index (χ3n) is 2.77. The molecule has 0 aromatic heterocycles. The van der Waals surface area contributed by atoms with Crippen molar-refractivity contribution in [2.24, 2.45) is 11.7 Å². The molecule has 1 atom stereocenters. The maximum Gasteiger partial charge on any atom is 0.0581 e. The summed E-state index contributed by atoms with van der Waals surface area (Å²) in [5.41, 5.74) is 5.39. The molecule has 1 aliphatic rings. The van der Waals surface area contributed by atoms with Gasteiger partial charge in [0.25, 0.3) is 0 Å². The fourth-order valence-electron chi connectivity index (χ4n) is 1.82. The summed E-state index contributed by atoms with van der Waals surface area (Å²) in [7, 11) is 2.13. The third kappa shape index (κ3) is 2.73. The van der Waals surface area contributed by atoms with Crippen LogP contribution in [0.1, 0.15) is 19.3 Å². The Morgan fingerprint density at radius 1 is 1.50 bits per heavy atom. The highest BCUT2D eigenvalue weighted by molar-refractivity contribution is 4.76. The van der Waals surface area contributed by atoms with Gasteiger partial charge >= 0.3 is 0 Å². The van der Waals surface area contributed by atoms with Crippen molar-refractivity contribution in [3.05, 3.63) is 0 Å². The number of nitrogens with zero attached hydrogens (tertiary/aromatic N) is 1. The molecular formula is C9H20N2O. The Morgan fingerprint density at radius 3 is 2.58 bits per heavy atom. The summed E-state index contributed by atoms with van der Waals surface area (Å²) in [4.78, 5) is 2.31. The van der Waals surface area contributed by atoms with Gasteiger partial charge in [-0.25, -0.2) is 0 Å². The first kappa shape index (κ1) is 9.96. The Labute approximate surface area is 74.5 Å². The number of hydrogen-bond acceptors (Lipinski definition) is 3. The second kappa shape index (κ2) is 4.80. The van der Waals surface area contributed by atoms with Crippen LogP contribution in [0.15, 0.2) is 0 Å². The highest BCUT2D eigenvalue weighted by Crippen LogP contribution is 2.20. The van der Waals surface area contributed by atoms with Crippen molar-refractivity contribution < 1.29 is 5.11 Å². The molecule has 0 unspecified atom stereocenters. The lowest BCUT2D eigenvalue weighted by Gasteiger charge is -2.31. The molecule has 0 saturated carbocycles. The normalized spacial score (nSPS) is 24.2. The summed E-state index contributed by atoms with van der Waals surface area (Å²) < 4.78 is 0. The van der Waals surface area contributed by atoms with Gasteiger partial charge in [0.2, 0.25) is 0 Å². The number of aliphatic hydroxyl groups is 1. The molecule has 3 heteroatoms. The molecule has 0 aliphatic carbocycles. The monoisotopic (exact) mass is 172 g/mol. The summed E-state index contributed by atoms with van der Waals surface area (Å²) in [6.45, 7) is 2.84. The van der Waals surface area contributed by atoms with E-state index >= 15 is 0 Å². The number of rotatable bonds is 3. The molecule has 3 N–H and O–H groups in total. The summed E-state index contributed by atoms with van der Waals surface area (Å²) >= 11 is 0. The number of hydrogen-bond donors (Lipinski definition) is 2. The van der Waals surface area contributed by atoms with E-state index in [9.17, 15) is 5.11 Å². The Hall–Kier alpha value is -0.120. The average Bonchev–Trinajstić information content (AvgIpc) is 2.06. The molecule has 0 amide bonds. The van der Waals surface area contributed by atoms with E-state index in [0.717, 1.165) is 32.4 Å².